The number of rotatable bonds is 14. The molecule has 0 aromatic heterocycles. The van der Waals surface area contributed by atoms with E-state index < -0.39 is 85.2 Å². The molecule has 302 valence electrons. The maximum absolute atomic E-state index is 13.3. The van der Waals surface area contributed by atoms with Crippen molar-refractivity contribution in [2.24, 2.45) is 11.8 Å². The van der Waals surface area contributed by atoms with Crippen molar-refractivity contribution in [2.45, 2.75) is 113 Å². The molecule has 1 aromatic carbocycles. The van der Waals surface area contributed by atoms with Crippen LogP contribution in [0.1, 0.15) is 58.3 Å². The standard InChI is InChI=1S/C29H30F18O5/c1-2-3-4-5-16-6-8-17(9-7-16)21(48)52-19-12-10-18(11-13-19)51-20(14-49-22(24(30,31)32,25(33,34)35)26(36,37)38)15-50-23(27(39,40)41,28(42,43)44)29(45,46)47/h10-13,16-17,20H,2-9,14-15H2,1H3. The van der Waals surface area contributed by atoms with Crippen molar-refractivity contribution in [3.63, 3.8) is 0 Å². The fourth-order valence-corrected chi connectivity index (χ4v) is 5.36. The van der Waals surface area contributed by atoms with Crippen LogP contribution in [0.4, 0.5) is 79.0 Å². The predicted octanol–water partition coefficient (Wildman–Crippen LogP) is 10.6. The topological polar surface area (TPSA) is 54.0 Å². The van der Waals surface area contributed by atoms with Gasteiger partial charge in [0.1, 0.15) is 17.6 Å². The van der Waals surface area contributed by atoms with E-state index in [1.54, 1.807) is 0 Å². The summed E-state index contributed by atoms with van der Waals surface area (Å²) in [4.78, 5) is 12.6. The van der Waals surface area contributed by atoms with Gasteiger partial charge in [0.15, 0.2) is 0 Å². The SMILES string of the molecule is CCCCCC1CCC(C(=O)Oc2ccc(OC(COC(C(F)(F)F)(C(F)(F)F)C(F)(F)F)COC(C(F)(F)F)(C(F)(F)F)C(F)(F)F)cc2)CC1. The molecule has 0 saturated heterocycles. The summed E-state index contributed by atoms with van der Waals surface area (Å²) in [6, 6.07) is 2.71. The Labute approximate surface area is 282 Å². The Balaban J connectivity index is 2.39. The van der Waals surface area contributed by atoms with Crippen LogP contribution in [-0.2, 0) is 14.3 Å². The molecule has 2 rings (SSSR count). The van der Waals surface area contributed by atoms with Crippen LogP contribution in [0.15, 0.2) is 24.3 Å². The van der Waals surface area contributed by atoms with Crippen molar-refractivity contribution in [1.29, 1.82) is 0 Å². The lowest BCUT2D eigenvalue weighted by molar-refractivity contribution is -0.464. The second kappa shape index (κ2) is 16.3. The maximum atomic E-state index is 13.3. The first kappa shape index (κ1) is 45.3. The van der Waals surface area contributed by atoms with E-state index in [0.29, 0.717) is 43.7 Å². The maximum Gasteiger partial charge on any atom is 0.435 e. The van der Waals surface area contributed by atoms with Crippen LogP contribution in [0, 0.1) is 11.8 Å². The summed E-state index contributed by atoms with van der Waals surface area (Å²) in [7, 11) is 0. The minimum Gasteiger partial charge on any atom is -0.486 e. The third kappa shape index (κ3) is 10.0. The molecule has 1 fully saturated rings. The molecule has 52 heavy (non-hydrogen) atoms. The Kier molecular flexibility index (Phi) is 14.2. The summed E-state index contributed by atoms with van der Waals surface area (Å²) in [6.45, 7) is -3.78. The third-order valence-corrected chi connectivity index (χ3v) is 8.11. The van der Waals surface area contributed by atoms with Crippen LogP contribution < -0.4 is 9.47 Å². The van der Waals surface area contributed by atoms with Crippen molar-refractivity contribution < 1.29 is 103 Å². The number of alkyl halides is 18. The largest absolute Gasteiger partial charge is 0.486 e. The lowest BCUT2D eigenvalue weighted by Crippen LogP contribution is -2.69. The van der Waals surface area contributed by atoms with Gasteiger partial charge in [0.25, 0.3) is 0 Å². The van der Waals surface area contributed by atoms with Crippen LogP contribution >= 0.6 is 0 Å². The van der Waals surface area contributed by atoms with Gasteiger partial charge >= 0.3 is 54.2 Å². The van der Waals surface area contributed by atoms with Crippen LogP contribution in [0.2, 0.25) is 0 Å². The van der Waals surface area contributed by atoms with Crippen molar-refractivity contribution in [3.05, 3.63) is 24.3 Å². The summed E-state index contributed by atoms with van der Waals surface area (Å²) < 4.78 is 256. The van der Waals surface area contributed by atoms with Gasteiger partial charge in [-0.2, -0.15) is 79.0 Å². The number of hydrogen-bond acceptors (Lipinski definition) is 5. The Bertz CT molecular complexity index is 1140. The molecule has 1 aliphatic rings. The van der Waals surface area contributed by atoms with Crippen LogP contribution in [-0.4, -0.2) is 73.5 Å². The highest BCUT2D eigenvalue weighted by Crippen LogP contribution is 2.56. The summed E-state index contributed by atoms with van der Waals surface area (Å²) >= 11 is 0. The molecule has 5 nitrogen and oxygen atoms in total. The van der Waals surface area contributed by atoms with Crippen LogP contribution in [0.5, 0.6) is 11.5 Å². The van der Waals surface area contributed by atoms with Gasteiger partial charge in [0.2, 0.25) is 0 Å². The predicted molar refractivity (Wildman–Crippen MR) is 140 cm³/mol. The van der Waals surface area contributed by atoms with E-state index in [9.17, 15) is 83.8 Å². The van der Waals surface area contributed by atoms with E-state index in [4.69, 9.17) is 4.74 Å². The number of carbonyl (C=O) groups is 1. The van der Waals surface area contributed by atoms with Crippen molar-refractivity contribution >= 4 is 5.97 Å². The van der Waals surface area contributed by atoms with Gasteiger partial charge in [-0.25, -0.2) is 0 Å². The molecule has 23 heteroatoms. The molecule has 1 aromatic rings. The average molecular weight is 801 g/mol. The lowest BCUT2D eigenvalue weighted by atomic mass is 9.80. The molecule has 0 amide bonds. The first-order valence-electron chi connectivity index (χ1n) is 15.1. The van der Waals surface area contributed by atoms with Gasteiger partial charge in [-0.05, 0) is 55.9 Å². The second-order valence-corrected chi connectivity index (χ2v) is 11.8. The zero-order chi connectivity index (χ0) is 40.2. The average Bonchev–Trinajstić information content (AvgIpc) is 2.94. The molecule has 0 heterocycles. The summed E-state index contributed by atoms with van der Waals surface area (Å²) in [5, 5.41) is 0. The Morgan fingerprint density at radius 1 is 0.596 bits per heavy atom. The molecule has 0 aliphatic heterocycles. The van der Waals surface area contributed by atoms with E-state index in [1.807, 2.05) is 6.92 Å². The molecule has 0 spiro atoms. The Morgan fingerprint density at radius 3 is 1.31 bits per heavy atom. The molecule has 0 atom stereocenters. The quantitative estimate of drug-likeness (QED) is 0.0812. The number of esters is 1. The third-order valence-electron chi connectivity index (χ3n) is 8.11. The Hall–Kier alpha value is -2.85. The van der Waals surface area contributed by atoms with E-state index in [-0.39, 0.29) is 5.75 Å². The highest BCUT2D eigenvalue weighted by Gasteiger charge is 2.87. The number of benzene rings is 1. The number of unbranched alkanes of at least 4 members (excludes halogenated alkanes) is 2. The molecule has 0 bridgehead atoms. The van der Waals surface area contributed by atoms with E-state index >= 15 is 0 Å². The molecule has 1 aliphatic carbocycles. The highest BCUT2D eigenvalue weighted by atomic mass is 19.4. The molecular formula is C29H30F18O5. The Morgan fingerprint density at radius 2 is 0.962 bits per heavy atom. The fourth-order valence-electron chi connectivity index (χ4n) is 5.36. The van der Waals surface area contributed by atoms with Gasteiger partial charge in [-0.15, -0.1) is 0 Å². The molecule has 1 saturated carbocycles. The first-order chi connectivity index (χ1) is 23.4. The monoisotopic (exact) mass is 800 g/mol. The van der Waals surface area contributed by atoms with Gasteiger partial charge in [0.05, 0.1) is 19.1 Å². The summed E-state index contributed by atoms with van der Waals surface area (Å²) in [6.07, 6.45) is -41.8. The summed E-state index contributed by atoms with van der Waals surface area (Å²) in [5.74, 6) is -2.25. The minimum absolute atomic E-state index is 0.332. The number of carbonyl (C=O) groups excluding carboxylic acids is 1. The fraction of sp³-hybridized carbons (Fsp3) is 0.759. The number of hydrogen-bond donors (Lipinski definition) is 0. The van der Waals surface area contributed by atoms with Crippen molar-refractivity contribution in [1.82, 2.24) is 0 Å². The van der Waals surface area contributed by atoms with E-state index in [0.717, 1.165) is 37.8 Å². The van der Waals surface area contributed by atoms with Gasteiger partial charge < -0.3 is 18.9 Å². The highest BCUT2D eigenvalue weighted by molar-refractivity contribution is 5.75. The van der Waals surface area contributed by atoms with Crippen molar-refractivity contribution in [2.75, 3.05) is 13.2 Å². The zero-order valence-corrected chi connectivity index (χ0v) is 26.5. The van der Waals surface area contributed by atoms with E-state index in [1.165, 1.54) is 0 Å². The van der Waals surface area contributed by atoms with Gasteiger partial charge in [-0.3, -0.25) is 4.79 Å². The molecule has 0 N–H and O–H groups in total. The first-order valence-corrected chi connectivity index (χ1v) is 15.1. The van der Waals surface area contributed by atoms with Crippen LogP contribution in [0.25, 0.3) is 0 Å². The summed E-state index contributed by atoms with van der Waals surface area (Å²) in [5.41, 5.74) is -14.3. The van der Waals surface area contributed by atoms with Gasteiger partial charge in [-0.1, -0.05) is 32.6 Å². The van der Waals surface area contributed by atoms with Gasteiger partial charge in [0, 0.05) is 0 Å². The van der Waals surface area contributed by atoms with E-state index in [2.05, 4.69) is 14.2 Å². The van der Waals surface area contributed by atoms with Crippen molar-refractivity contribution in [3.8, 4) is 11.5 Å². The number of ether oxygens (including phenoxy) is 4. The lowest BCUT2D eigenvalue weighted by Gasteiger charge is -2.40. The zero-order valence-electron chi connectivity index (χ0n) is 26.5. The normalized spacial score (nSPS) is 18.8. The molecule has 0 unspecified atom stereocenters. The molecule has 0 radical (unpaired) electrons. The minimum atomic E-state index is -7.46. The van der Waals surface area contributed by atoms with Crippen LogP contribution in [0.3, 0.4) is 0 Å². The smallest absolute Gasteiger partial charge is 0.435 e. The second-order valence-electron chi connectivity index (χ2n) is 11.8. The number of halogens is 18. The molecular weight excluding hydrogens is 770 g/mol.